The molecule has 0 amide bonds. The van der Waals surface area contributed by atoms with Crippen LogP contribution in [0.5, 0.6) is 5.75 Å². The largest absolute Gasteiger partial charge is 0.488 e. The smallest absolute Gasteiger partial charge is 0.129 e. The molecular formula is C22H21BrFNO. The van der Waals surface area contributed by atoms with Crippen molar-refractivity contribution in [2.75, 3.05) is 0 Å². The fraction of sp³-hybridized carbons (Fsp3) is 0.182. The van der Waals surface area contributed by atoms with Crippen LogP contribution in [0, 0.1) is 12.7 Å². The first-order valence-corrected chi connectivity index (χ1v) is 9.32. The van der Waals surface area contributed by atoms with E-state index in [-0.39, 0.29) is 12.4 Å². The number of hydrogen-bond acceptors (Lipinski definition) is 2. The zero-order valence-corrected chi connectivity index (χ0v) is 16.2. The summed E-state index contributed by atoms with van der Waals surface area (Å²) in [7, 11) is 0. The van der Waals surface area contributed by atoms with Gasteiger partial charge in [0.1, 0.15) is 18.2 Å². The van der Waals surface area contributed by atoms with Crippen molar-refractivity contribution in [3.63, 3.8) is 0 Å². The van der Waals surface area contributed by atoms with Gasteiger partial charge in [-0.1, -0.05) is 64.0 Å². The molecule has 0 aliphatic heterocycles. The molecule has 0 radical (unpaired) electrons. The van der Waals surface area contributed by atoms with Gasteiger partial charge in [-0.05, 0) is 36.8 Å². The van der Waals surface area contributed by atoms with Crippen LogP contribution in [0.2, 0.25) is 0 Å². The Morgan fingerprint density at radius 3 is 2.46 bits per heavy atom. The number of ether oxygens (including phenoxy) is 1. The Morgan fingerprint density at radius 1 is 0.923 bits per heavy atom. The number of halogens is 2. The van der Waals surface area contributed by atoms with E-state index in [0.717, 1.165) is 22.3 Å². The van der Waals surface area contributed by atoms with Gasteiger partial charge >= 0.3 is 0 Å². The highest BCUT2D eigenvalue weighted by Gasteiger charge is 2.07. The SMILES string of the molecule is Cc1ccc(CNCc2cc(Br)ccc2OCc2ccccc2F)cc1. The minimum Gasteiger partial charge on any atom is -0.488 e. The maximum atomic E-state index is 13.8. The zero-order chi connectivity index (χ0) is 18.4. The van der Waals surface area contributed by atoms with E-state index in [1.807, 2.05) is 24.3 Å². The summed E-state index contributed by atoms with van der Waals surface area (Å²) in [5.41, 5.74) is 4.07. The normalized spacial score (nSPS) is 10.7. The topological polar surface area (TPSA) is 21.3 Å². The number of nitrogens with one attached hydrogen (secondary N) is 1. The van der Waals surface area contributed by atoms with Crippen LogP contribution in [-0.2, 0) is 19.7 Å². The lowest BCUT2D eigenvalue weighted by Gasteiger charge is -2.13. The monoisotopic (exact) mass is 413 g/mol. The molecule has 0 saturated heterocycles. The van der Waals surface area contributed by atoms with Gasteiger partial charge in [-0.2, -0.15) is 0 Å². The average Bonchev–Trinajstić information content (AvgIpc) is 2.64. The number of benzene rings is 3. The predicted octanol–water partition coefficient (Wildman–Crippen LogP) is 5.77. The van der Waals surface area contributed by atoms with E-state index in [1.54, 1.807) is 12.1 Å². The summed E-state index contributed by atoms with van der Waals surface area (Å²) in [5, 5.41) is 3.44. The lowest BCUT2D eigenvalue weighted by molar-refractivity contribution is 0.296. The van der Waals surface area contributed by atoms with Gasteiger partial charge in [0.05, 0.1) is 0 Å². The second kappa shape index (κ2) is 8.97. The van der Waals surface area contributed by atoms with E-state index in [4.69, 9.17) is 4.74 Å². The van der Waals surface area contributed by atoms with E-state index in [9.17, 15) is 4.39 Å². The standard InChI is InChI=1S/C22H21BrFNO/c1-16-6-8-17(9-7-16)13-25-14-19-12-20(23)10-11-22(19)26-15-18-4-2-3-5-21(18)24/h2-12,25H,13-15H2,1H3. The summed E-state index contributed by atoms with van der Waals surface area (Å²) >= 11 is 3.51. The second-order valence-electron chi connectivity index (χ2n) is 6.22. The maximum absolute atomic E-state index is 13.8. The average molecular weight is 414 g/mol. The third-order valence-corrected chi connectivity index (χ3v) is 4.62. The molecule has 0 unspecified atom stereocenters. The maximum Gasteiger partial charge on any atom is 0.129 e. The van der Waals surface area contributed by atoms with Gasteiger partial charge in [-0.3, -0.25) is 0 Å². The highest BCUT2D eigenvalue weighted by atomic mass is 79.9. The summed E-state index contributed by atoms with van der Waals surface area (Å²) < 4.78 is 20.6. The van der Waals surface area contributed by atoms with Crippen molar-refractivity contribution in [3.8, 4) is 5.75 Å². The van der Waals surface area contributed by atoms with E-state index >= 15 is 0 Å². The lowest BCUT2D eigenvalue weighted by Crippen LogP contribution is -2.13. The zero-order valence-electron chi connectivity index (χ0n) is 14.6. The molecule has 0 bridgehead atoms. The molecule has 0 aliphatic rings. The van der Waals surface area contributed by atoms with Crippen molar-refractivity contribution < 1.29 is 9.13 Å². The summed E-state index contributed by atoms with van der Waals surface area (Å²) in [6.45, 7) is 3.73. The highest BCUT2D eigenvalue weighted by Crippen LogP contribution is 2.24. The van der Waals surface area contributed by atoms with Gasteiger partial charge in [-0.25, -0.2) is 4.39 Å². The van der Waals surface area contributed by atoms with Crippen molar-refractivity contribution in [2.24, 2.45) is 0 Å². The highest BCUT2D eigenvalue weighted by molar-refractivity contribution is 9.10. The number of hydrogen-bond donors (Lipinski definition) is 1. The molecule has 3 rings (SSSR count). The Morgan fingerprint density at radius 2 is 1.69 bits per heavy atom. The summed E-state index contributed by atoms with van der Waals surface area (Å²) in [6.07, 6.45) is 0. The van der Waals surface area contributed by atoms with E-state index in [1.165, 1.54) is 17.2 Å². The Hall–Kier alpha value is -2.17. The van der Waals surface area contributed by atoms with Gasteiger partial charge in [0.25, 0.3) is 0 Å². The van der Waals surface area contributed by atoms with Crippen LogP contribution in [0.25, 0.3) is 0 Å². The van der Waals surface area contributed by atoms with E-state index < -0.39 is 0 Å². The fourth-order valence-corrected chi connectivity index (χ4v) is 3.05. The van der Waals surface area contributed by atoms with Crippen LogP contribution >= 0.6 is 15.9 Å². The summed E-state index contributed by atoms with van der Waals surface area (Å²) in [6, 6.07) is 21.0. The van der Waals surface area contributed by atoms with Crippen molar-refractivity contribution in [1.82, 2.24) is 5.32 Å². The number of aryl methyl sites for hydroxylation is 1. The second-order valence-corrected chi connectivity index (χ2v) is 7.14. The molecule has 134 valence electrons. The third kappa shape index (κ3) is 5.16. The molecule has 0 atom stereocenters. The van der Waals surface area contributed by atoms with Gasteiger partial charge in [0.2, 0.25) is 0 Å². The summed E-state index contributed by atoms with van der Waals surface area (Å²) in [5.74, 6) is 0.511. The Labute approximate surface area is 162 Å². The molecule has 4 heteroatoms. The van der Waals surface area contributed by atoms with Crippen molar-refractivity contribution >= 4 is 15.9 Å². The Bertz CT molecular complexity index is 864. The molecular weight excluding hydrogens is 393 g/mol. The molecule has 0 heterocycles. The molecule has 26 heavy (non-hydrogen) atoms. The first-order valence-electron chi connectivity index (χ1n) is 8.53. The molecule has 0 aromatic heterocycles. The molecule has 3 aromatic carbocycles. The Balaban J connectivity index is 1.63. The van der Waals surface area contributed by atoms with Crippen LogP contribution in [0.15, 0.2) is 71.2 Å². The number of rotatable bonds is 7. The van der Waals surface area contributed by atoms with Gasteiger partial charge in [-0.15, -0.1) is 0 Å². The molecule has 0 fully saturated rings. The van der Waals surface area contributed by atoms with Crippen molar-refractivity contribution in [1.29, 1.82) is 0 Å². The minimum absolute atomic E-state index is 0.208. The molecule has 0 spiro atoms. The van der Waals surface area contributed by atoms with Crippen LogP contribution in [-0.4, -0.2) is 0 Å². The first-order chi connectivity index (χ1) is 12.6. The fourth-order valence-electron chi connectivity index (χ4n) is 2.65. The van der Waals surface area contributed by atoms with Crippen LogP contribution in [0.1, 0.15) is 22.3 Å². The van der Waals surface area contributed by atoms with Crippen LogP contribution in [0.3, 0.4) is 0 Å². The molecule has 1 N–H and O–H groups in total. The minimum atomic E-state index is -0.247. The molecule has 0 saturated carbocycles. The molecule has 2 nitrogen and oxygen atoms in total. The van der Waals surface area contributed by atoms with Gasteiger partial charge in [0.15, 0.2) is 0 Å². The molecule has 3 aromatic rings. The summed E-state index contributed by atoms with van der Waals surface area (Å²) in [4.78, 5) is 0. The van der Waals surface area contributed by atoms with Crippen molar-refractivity contribution in [3.05, 3.63) is 99.3 Å². The first kappa shape index (κ1) is 18.6. The Kier molecular flexibility index (Phi) is 6.42. The van der Waals surface area contributed by atoms with E-state index in [2.05, 4.69) is 52.4 Å². The van der Waals surface area contributed by atoms with Crippen LogP contribution < -0.4 is 10.1 Å². The molecule has 0 aliphatic carbocycles. The third-order valence-electron chi connectivity index (χ3n) is 4.13. The van der Waals surface area contributed by atoms with Gasteiger partial charge in [0, 0.05) is 28.7 Å². The quantitative estimate of drug-likeness (QED) is 0.530. The van der Waals surface area contributed by atoms with E-state index in [0.29, 0.717) is 12.1 Å². The van der Waals surface area contributed by atoms with Crippen molar-refractivity contribution in [2.45, 2.75) is 26.6 Å². The van der Waals surface area contributed by atoms with Gasteiger partial charge < -0.3 is 10.1 Å². The predicted molar refractivity (Wildman–Crippen MR) is 107 cm³/mol. The van der Waals surface area contributed by atoms with Crippen LogP contribution in [0.4, 0.5) is 4.39 Å². The lowest BCUT2D eigenvalue weighted by atomic mass is 10.1.